The zero-order valence-corrected chi connectivity index (χ0v) is 14.5. The summed E-state index contributed by atoms with van der Waals surface area (Å²) < 4.78 is 13.1. The molecule has 24 heavy (non-hydrogen) atoms. The average Bonchev–Trinajstić information content (AvgIpc) is 2.80. The molecule has 0 N–H and O–H groups in total. The highest BCUT2D eigenvalue weighted by Crippen LogP contribution is 2.22. The van der Waals surface area contributed by atoms with Gasteiger partial charge in [0.15, 0.2) is 0 Å². The molecular formula is C18H17Cl2FN2O. The van der Waals surface area contributed by atoms with Gasteiger partial charge in [-0.3, -0.25) is 4.79 Å². The van der Waals surface area contributed by atoms with Crippen molar-refractivity contribution in [3.05, 3.63) is 63.9 Å². The third-order valence-electron chi connectivity index (χ3n) is 4.08. The van der Waals surface area contributed by atoms with E-state index in [0.717, 1.165) is 18.7 Å². The van der Waals surface area contributed by atoms with Crippen molar-refractivity contribution < 1.29 is 9.18 Å². The number of carbonyl (C=O) groups is 1. The molecule has 1 aliphatic rings. The normalized spacial score (nSPS) is 15.3. The summed E-state index contributed by atoms with van der Waals surface area (Å²) in [5, 5.41) is 0.905. The summed E-state index contributed by atoms with van der Waals surface area (Å²) in [5.74, 6) is -0.316. The molecule has 1 aliphatic heterocycles. The average molecular weight is 367 g/mol. The third kappa shape index (κ3) is 4.00. The molecule has 3 nitrogen and oxygen atoms in total. The maximum absolute atomic E-state index is 13.1. The number of anilines is 1. The maximum Gasteiger partial charge on any atom is 0.254 e. The minimum absolute atomic E-state index is 0.0691. The fourth-order valence-electron chi connectivity index (χ4n) is 2.89. The van der Waals surface area contributed by atoms with E-state index in [2.05, 4.69) is 4.90 Å². The molecule has 0 bridgehead atoms. The predicted octanol–water partition coefficient (Wildman–Crippen LogP) is 4.49. The van der Waals surface area contributed by atoms with Crippen LogP contribution in [0.25, 0.3) is 0 Å². The summed E-state index contributed by atoms with van der Waals surface area (Å²) in [6.07, 6.45) is 0.845. The van der Waals surface area contributed by atoms with Crippen molar-refractivity contribution in [2.24, 2.45) is 0 Å². The first-order chi connectivity index (χ1) is 11.5. The first kappa shape index (κ1) is 17.1. The number of hydrogen-bond acceptors (Lipinski definition) is 2. The lowest BCUT2D eigenvalue weighted by atomic mass is 10.2. The molecule has 1 fully saturated rings. The largest absolute Gasteiger partial charge is 0.370 e. The van der Waals surface area contributed by atoms with Crippen molar-refractivity contribution in [2.45, 2.75) is 6.42 Å². The van der Waals surface area contributed by atoms with Crippen LogP contribution < -0.4 is 4.90 Å². The molecular weight excluding hydrogens is 350 g/mol. The Morgan fingerprint density at radius 3 is 2.25 bits per heavy atom. The summed E-state index contributed by atoms with van der Waals surface area (Å²) in [7, 11) is 0. The van der Waals surface area contributed by atoms with E-state index in [1.54, 1.807) is 30.3 Å². The molecule has 0 saturated carbocycles. The first-order valence-corrected chi connectivity index (χ1v) is 8.54. The maximum atomic E-state index is 13.1. The molecule has 2 aromatic carbocycles. The van der Waals surface area contributed by atoms with Gasteiger partial charge in [0.05, 0.1) is 0 Å². The molecule has 1 saturated heterocycles. The second-order valence-corrected chi connectivity index (χ2v) is 6.64. The molecule has 0 atom stereocenters. The van der Waals surface area contributed by atoms with Crippen LogP contribution in [0.3, 0.4) is 0 Å². The second-order valence-electron chi connectivity index (χ2n) is 5.77. The van der Waals surface area contributed by atoms with Gasteiger partial charge in [-0.1, -0.05) is 23.2 Å². The van der Waals surface area contributed by atoms with Crippen molar-refractivity contribution in [3.63, 3.8) is 0 Å². The molecule has 2 aromatic rings. The number of halogens is 3. The highest BCUT2D eigenvalue weighted by molar-refractivity contribution is 6.35. The number of carbonyl (C=O) groups excluding carboxylic acids is 1. The number of nitrogens with zero attached hydrogens (tertiary/aromatic N) is 2. The van der Waals surface area contributed by atoms with Crippen LogP contribution in [0, 0.1) is 5.82 Å². The van der Waals surface area contributed by atoms with E-state index < -0.39 is 0 Å². The highest BCUT2D eigenvalue weighted by Gasteiger charge is 2.21. The van der Waals surface area contributed by atoms with E-state index in [9.17, 15) is 9.18 Å². The molecule has 1 amide bonds. The number of rotatable bonds is 2. The van der Waals surface area contributed by atoms with E-state index in [1.165, 1.54) is 12.1 Å². The van der Waals surface area contributed by atoms with Gasteiger partial charge in [-0.15, -0.1) is 0 Å². The summed E-state index contributed by atoms with van der Waals surface area (Å²) in [4.78, 5) is 16.7. The van der Waals surface area contributed by atoms with Gasteiger partial charge in [0.2, 0.25) is 0 Å². The van der Waals surface area contributed by atoms with Crippen molar-refractivity contribution in [1.82, 2.24) is 4.90 Å². The Kier molecular flexibility index (Phi) is 5.27. The van der Waals surface area contributed by atoms with E-state index >= 15 is 0 Å². The van der Waals surface area contributed by atoms with E-state index in [1.807, 2.05) is 4.90 Å². The van der Waals surface area contributed by atoms with Crippen molar-refractivity contribution >= 4 is 34.8 Å². The van der Waals surface area contributed by atoms with Crippen LogP contribution in [0.2, 0.25) is 10.0 Å². The van der Waals surface area contributed by atoms with E-state index in [-0.39, 0.29) is 11.7 Å². The fourth-order valence-corrected chi connectivity index (χ4v) is 3.42. The topological polar surface area (TPSA) is 23.6 Å². The monoisotopic (exact) mass is 366 g/mol. The Morgan fingerprint density at radius 1 is 0.917 bits per heavy atom. The summed E-state index contributed by atoms with van der Waals surface area (Å²) in [6.45, 7) is 2.79. The molecule has 0 aromatic heterocycles. The molecule has 0 spiro atoms. The Bertz CT molecular complexity index is 716. The van der Waals surface area contributed by atoms with Gasteiger partial charge >= 0.3 is 0 Å². The van der Waals surface area contributed by atoms with Crippen LogP contribution in [0.4, 0.5) is 10.1 Å². The minimum Gasteiger partial charge on any atom is -0.370 e. The van der Waals surface area contributed by atoms with Gasteiger partial charge in [-0.2, -0.15) is 0 Å². The second kappa shape index (κ2) is 7.41. The standard InChI is InChI=1S/C18H17Cl2FN2O/c19-14-10-13(11-15(20)12-14)18(24)23-7-1-6-22(8-9-23)17-4-2-16(21)3-5-17/h2-5,10-12H,1,6-9H2. The Hall–Kier alpha value is -1.78. The van der Waals surface area contributed by atoms with E-state index in [4.69, 9.17) is 23.2 Å². The van der Waals surface area contributed by atoms with E-state index in [0.29, 0.717) is 35.2 Å². The van der Waals surface area contributed by atoms with Crippen molar-refractivity contribution in [3.8, 4) is 0 Å². The Balaban J connectivity index is 1.70. The van der Waals surface area contributed by atoms with Crippen LogP contribution in [-0.2, 0) is 0 Å². The third-order valence-corrected chi connectivity index (χ3v) is 4.52. The predicted molar refractivity (Wildman–Crippen MR) is 95.6 cm³/mol. The molecule has 1 heterocycles. The SMILES string of the molecule is O=C(c1cc(Cl)cc(Cl)c1)N1CCCN(c2ccc(F)cc2)CC1. The molecule has 6 heteroatoms. The van der Waals surface area contributed by atoms with Crippen LogP contribution in [0.1, 0.15) is 16.8 Å². The lowest BCUT2D eigenvalue weighted by molar-refractivity contribution is 0.0767. The number of benzene rings is 2. The van der Waals surface area contributed by atoms with Crippen molar-refractivity contribution in [2.75, 3.05) is 31.1 Å². The Labute approximate surface area is 150 Å². The zero-order valence-electron chi connectivity index (χ0n) is 13.0. The quantitative estimate of drug-likeness (QED) is 0.781. The van der Waals surface area contributed by atoms with Gasteiger partial charge in [0, 0.05) is 47.5 Å². The Morgan fingerprint density at radius 2 is 1.58 bits per heavy atom. The summed E-state index contributed by atoms with van der Waals surface area (Å²) in [5.41, 5.74) is 1.47. The lowest BCUT2D eigenvalue weighted by Crippen LogP contribution is -2.35. The van der Waals surface area contributed by atoms with Gasteiger partial charge in [0.1, 0.15) is 5.82 Å². The number of hydrogen-bond donors (Lipinski definition) is 0. The zero-order chi connectivity index (χ0) is 17.1. The highest BCUT2D eigenvalue weighted by atomic mass is 35.5. The van der Waals surface area contributed by atoms with Gasteiger partial charge in [0.25, 0.3) is 5.91 Å². The van der Waals surface area contributed by atoms with Crippen LogP contribution >= 0.6 is 23.2 Å². The molecule has 0 radical (unpaired) electrons. The minimum atomic E-state index is -0.247. The lowest BCUT2D eigenvalue weighted by Gasteiger charge is -2.24. The molecule has 3 rings (SSSR count). The van der Waals surface area contributed by atoms with Gasteiger partial charge < -0.3 is 9.80 Å². The summed E-state index contributed by atoms with van der Waals surface area (Å²) >= 11 is 12.0. The molecule has 0 unspecified atom stereocenters. The van der Waals surface area contributed by atoms with Crippen LogP contribution in [0.15, 0.2) is 42.5 Å². The number of amides is 1. The summed E-state index contributed by atoms with van der Waals surface area (Å²) in [6, 6.07) is 11.3. The first-order valence-electron chi connectivity index (χ1n) is 7.79. The molecule has 126 valence electrons. The molecule has 0 aliphatic carbocycles. The van der Waals surface area contributed by atoms with Crippen LogP contribution in [-0.4, -0.2) is 37.0 Å². The van der Waals surface area contributed by atoms with Crippen LogP contribution in [0.5, 0.6) is 0 Å². The fraction of sp³-hybridized carbons (Fsp3) is 0.278. The van der Waals surface area contributed by atoms with Gasteiger partial charge in [-0.25, -0.2) is 4.39 Å². The van der Waals surface area contributed by atoms with Crippen molar-refractivity contribution in [1.29, 1.82) is 0 Å². The smallest absolute Gasteiger partial charge is 0.254 e. The van der Waals surface area contributed by atoms with Gasteiger partial charge in [-0.05, 0) is 48.9 Å².